The molecule has 5 aliphatic rings. The summed E-state index contributed by atoms with van der Waals surface area (Å²) in [5.41, 5.74) is -0.223. The summed E-state index contributed by atoms with van der Waals surface area (Å²) >= 11 is 0. The molecule has 0 aromatic heterocycles. The molecule has 0 radical (unpaired) electrons. The number of carbonyl (C=O) groups excluding carboxylic acids is 2. The average Bonchev–Trinajstić information content (AvgIpc) is 3.04. The zero-order valence-electron chi connectivity index (χ0n) is 17.3. The molecule has 2 saturated heterocycles. The first-order valence-electron chi connectivity index (χ1n) is 10.8. The molecule has 5 fully saturated rings. The van der Waals surface area contributed by atoms with Crippen LogP contribution in [0.2, 0.25) is 0 Å². The molecule has 6 nitrogen and oxygen atoms in total. The highest BCUT2D eigenvalue weighted by molar-refractivity contribution is 5.77. The molecule has 0 aromatic rings. The number of hydrogen-bond donors (Lipinski definition) is 1. The zero-order valence-corrected chi connectivity index (χ0v) is 17.3. The standard InChI is InChI=1S/C22H32O6/c1-11(23)26-12-10-14-21(4)8-5-7-20(2,3)13(21)6-9-22(14)16-15(12)17(24)27-18(16)28-19(22)25/h12-16,18-19,25H,5-10H2,1-4H3/t12-,13-,14+,15+,16-,18?,19-,21-,22-/m0/s1. The van der Waals surface area contributed by atoms with E-state index in [-0.39, 0.29) is 34.6 Å². The van der Waals surface area contributed by atoms with Gasteiger partial charge < -0.3 is 19.3 Å². The largest absolute Gasteiger partial charge is 0.462 e. The molecular weight excluding hydrogens is 360 g/mol. The number of rotatable bonds is 1. The molecule has 0 amide bonds. The van der Waals surface area contributed by atoms with Crippen molar-refractivity contribution < 1.29 is 28.9 Å². The SMILES string of the molecule is CC(=O)O[C@H]1C[C@@H]2[C@@]3(C)CCCC(C)(C)[C@@H]3CC[C@@]23[C@@H]2C(OC(=O)[C@H]12)O[C@@H]3O. The molecule has 3 aliphatic carbocycles. The van der Waals surface area contributed by atoms with E-state index in [2.05, 4.69) is 20.8 Å². The van der Waals surface area contributed by atoms with Crippen molar-refractivity contribution in [1.29, 1.82) is 0 Å². The summed E-state index contributed by atoms with van der Waals surface area (Å²) in [4.78, 5) is 24.5. The number of hydrogen-bond acceptors (Lipinski definition) is 6. The van der Waals surface area contributed by atoms with Gasteiger partial charge in [-0.2, -0.15) is 0 Å². The summed E-state index contributed by atoms with van der Waals surface area (Å²) in [5, 5.41) is 11.1. The summed E-state index contributed by atoms with van der Waals surface area (Å²) in [6.07, 6.45) is 3.81. The fraction of sp³-hybridized carbons (Fsp3) is 0.909. The van der Waals surface area contributed by atoms with E-state index in [1.807, 2.05) is 0 Å². The Kier molecular flexibility index (Phi) is 3.85. The average molecular weight is 392 g/mol. The lowest BCUT2D eigenvalue weighted by Crippen LogP contribution is -2.64. The van der Waals surface area contributed by atoms with Gasteiger partial charge in [0.15, 0.2) is 6.29 Å². The van der Waals surface area contributed by atoms with Crippen LogP contribution in [0.3, 0.4) is 0 Å². The summed E-state index contributed by atoms with van der Waals surface area (Å²) in [5.74, 6) is -0.793. The van der Waals surface area contributed by atoms with E-state index < -0.39 is 30.0 Å². The Balaban J connectivity index is 1.63. The van der Waals surface area contributed by atoms with Crippen molar-refractivity contribution in [2.24, 2.45) is 39.9 Å². The maximum atomic E-state index is 12.7. The van der Waals surface area contributed by atoms with E-state index in [9.17, 15) is 14.7 Å². The van der Waals surface area contributed by atoms with Crippen LogP contribution in [0.5, 0.6) is 0 Å². The smallest absolute Gasteiger partial charge is 0.315 e. The molecular formula is C22H32O6. The molecule has 0 bridgehead atoms. The van der Waals surface area contributed by atoms with Crippen LogP contribution in [0.4, 0.5) is 0 Å². The summed E-state index contributed by atoms with van der Waals surface area (Å²) < 4.78 is 17.0. The van der Waals surface area contributed by atoms with Crippen LogP contribution in [0.1, 0.15) is 66.2 Å². The monoisotopic (exact) mass is 392 g/mol. The number of fused-ring (bicyclic) bond motifs is 2. The lowest BCUT2D eigenvalue weighted by atomic mass is 9.38. The molecule has 28 heavy (non-hydrogen) atoms. The highest BCUT2D eigenvalue weighted by Crippen LogP contribution is 2.73. The molecule has 156 valence electrons. The molecule has 1 unspecified atom stereocenters. The van der Waals surface area contributed by atoms with Crippen LogP contribution >= 0.6 is 0 Å². The minimum Gasteiger partial charge on any atom is -0.462 e. The lowest BCUT2D eigenvalue weighted by molar-refractivity contribution is -0.252. The van der Waals surface area contributed by atoms with Crippen molar-refractivity contribution in [2.45, 2.75) is 84.9 Å². The molecule has 5 rings (SSSR count). The topological polar surface area (TPSA) is 82.1 Å². The van der Waals surface area contributed by atoms with Crippen LogP contribution in [0, 0.1) is 39.9 Å². The van der Waals surface area contributed by atoms with Gasteiger partial charge in [-0.1, -0.05) is 27.2 Å². The third-order valence-electron chi connectivity index (χ3n) is 9.30. The first-order valence-corrected chi connectivity index (χ1v) is 10.8. The van der Waals surface area contributed by atoms with Gasteiger partial charge in [0.05, 0.1) is 0 Å². The Bertz CT molecular complexity index is 718. The van der Waals surface area contributed by atoms with Crippen LogP contribution < -0.4 is 0 Å². The van der Waals surface area contributed by atoms with Gasteiger partial charge in [-0.25, -0.2) is 0 Å². The molecule has 1 N–H and O–H groups in total. The first-order chi connectivity index (χ1) is 13.1. The summed E-state index contributed by atoms with van der Waals surface area (Å²) in [6, 6.07) is 0. The van der Waals surface area contributed by atoms with Crippen molar-refractivity contribution in [3.63, 3.8) is 0 Å². The minimum atomic E-state index is -0.927. The third kappa shape index (κ3) is 2.16. The fourth-order valence-electron chi connectivity index (χ4n) is 8.47. The lowest BCUT2D eigenvalue weighted by Gasteiger charge is -2.65. The van der Waals surface area contributed by atoms with Gasteiger partial charge in [0.2, 0.25) is 6.29 Å². The van der Waals surface area contributed by atoms with Crippen LogP contribution in [0.15, 0.2) is 0 Å². The molecule has 1 spiro atoms. The summed E-state index contributed by atoms with van der Waals surface area (Å²) in [7, 11) is 0. The van der Waals surface area contributed by atoms with E-state index in [0.717, 1.165) is 25.7 Å². The maximum absolute atomic E-state index is 12.7. The van der Waals surface area contributed by atoms with Crippen molar-refractivity contribution in [1.82, 2.24) is 0 Å². The Labute approximate surface area is 166 Å². The van der Waals surface area contributed by atoms with Crippen molar-refractivity contribution in [3.8, 4) is 0 Å². The number of ether oxygens (including phenoxy) is 3. The molecule has 9 atom stereocenters. The highest BCUT2D eigenvalue weighted by Gasteiger charge is 2.76. The number of aliphatic hydroxyl groups is 1. The zero-order chi connectivity index (χ0) is 20.1. The number of esters is 2. The van der Waals surface area contributed by atoms with Crippen molar-refractivity contribution in [3.05, 3.63) is 0 Å². The highest BCUT2D eigenvalue weighted by atomic mass is 16.8. The Morgan fingerprint density at radius 3 is 2.64 bits per heavy atom. The Morgan fingerprint density at radius 1 is 1.18 bits per heavy atom. The van der Waals surface area contributed by atoms with Crippen LogP contribution in [0.25, 0.3) is 0 Å². The predicted octanol–water partition coefficient (Wildman–Crippen LogP) is 3.01. The molecule has 2 aliphatic heterocycles. The van der Waals surface area contributed by atoms with Gasteiger partial charge in [-0.05, 0) is 54.8 Å². The molecule has 2 heterocycles. The Hall–Kier alpha value is -1.14. The van der Waals surface area contributed by atoms with E-state index in [1.54, 1.807) is 0 Å². The second-order valence-electron chi connectivity index (χ2n) is 10.8. The normalized spacial score (nSPS) is 53.6. The molecule has 3 saturated carbocycles. The fourth-order valence-corrected chi connectivity index (χ4v) is 8.47. The Morgan fingerprint density at radius 2 is 1.93 bits per heavy atom. The molecule has 6 heteroatoms. The maximum Gasteiger partial charge on any atom is 0.315 e. The number of aliphatic hydroxyl groups excluding tert-OH is 1. The van der Waals surface area contributed by atoms with Gasteiger partial charge in [-0.15, -0.1) is 0 Å². The second kappa shape index (κ2) is 5.72. The summed E-state index contributed by atoms with van der Waals surface area (Å²) in [6.45, 7) is 8.51. The minimum absolute atomic E-state index is 0.0221. The van der Waals surface area contributed by atoms with E-state index in [1.165, 1.54) is 13.3 Å². The number of carbonyl (C=O) groups is 2. The van der Waals surface area contributed by atoms with Gasteiger partial charge in [-0.3, -0.25) is 9.59 Å². The first kappa shape index (κ1) is 18.9. The van der Waals surface area contributed by atoms with E-state index in [4.69, 9.17) is 14.2 Å². The van der Waals surface area contributed by atoms with Crippen molar-refractivity contribution >= 4 is 11.9 Å². The van der Waals surface area contributed by atoms with Gasteiger partial charge >= 0.3 is 11.9 Å². The quantitative estimate of drug-likeness (QED) is 0.691. The predicted molar refractivity (Wildman–Crippen MR) is 98.5 cm³/mol. The van der Waals surface area contributed by atoms with Gasteiger partial charge in [0.25, 0.3) is 0 Å². The third-order valence-corrected chi connectivity index (χ3v) is 9.30. The van der Waals surface area contributed by atoms with Crippen LogP contribution in [-0.4, -0.2) is 35.7 Å². The molecule has 0 aromatic carbocycles. The van der Waals surface area contributed by atoms with Crippen molar-refractivity contribution in [2.75, 3.05) is 0 Å². The van der Waals surface area contributed by atoms with Gasteiger partial charge in [0.1, 0.15) is 12.0 Å². The van der Waals surface area contributed by atoms with E-state index in [0.29, 0.717) is 12.3 Å². The van der Waals surface area contributed by atoms with Gasteiger partial charge in [0, 0.05) is 18.3 Å². The second-order valence-corrected chi connectivity index (χ2v) is 10.8. The van der Waals surface area contributed by atoms with E-state index >= 15 is 0 Å². The van der Waals surface area contributed by atoms with Crippen LogP contribution in [-0.2, 0) is 23.8 Å².